The van der Waals surface area contributed by atoms with Gasteiger partial charge in [0.15, 0.2) is 0 Å². The molecule has 0 saturated carbocycles. The van der Waals surface area contributed by atoms with Crippen molar-refractivity contribution in [1.82, 2.24) is 5.32 Å². The zero-order valence-electron chi connectivity index (χ0n) is 23.5. The molecule has 1 unspecified atom stereocenters. The maximum absolute atomic E-state index is 13.4. The van der Waals surface area contributed by atoms with Crippen LogP contribution in [-0.4, -0.2) is 23.0 Å². The zero-order valence-corrected chi connectivity index (χ0v) is 25.8. The molecule has 44 heavy (non-hydrogen) atoms. The number of fused-ring (bicyclic) bond motifs is 1. The highest BCUT2D eigenvalue weighted by Gasteiger charge is 2.18. The number of carbonyl (C=O) groups excluding carboxylic acids is 3. The van der Waals surface area contributed by atoms with Gasteiger partial charge in [-0.2, -0.15) is 0 Å². The van der Waals surface area contributed by atoms with Crippen LogP contribution in [0, 0.1) is 0 Å². The van der Waals surface area contributed by atoms with Gasteiger partial charge in [-0.1, -0.05) is 89.9 Å². The maximum atomic E-state index is 13.4. The van der Waals surface area contributed by atoms with E-state index in [9.17, 15) is 14.4 Å². The van der Waals surface area contributed by atoms with E-state index >= 15 is 0 Å². The van der Waals surface area contributed by atoms with Crippen molar-refractivity contribution in [2.75, 3.05) is 10.6 Å². The normalized spacial score (nSPS) is 11.9. The van der Waals surface area contributed by atoms with Gasteiger partial charge in [-0.25, -0.2) is 0 Å². The Balaban J connectivity index is 1.27. The van der Waals surface area contributed by atoms with E-state index < -0.39 is 11.8 Å². The summed E-state index contributed by atoms with van der Waals surface area (Å²) in [6.07, 6.45) is 1.48. The van der Waals surface area contributed by atoms with Crippen LogP contribution in [0.1, 0.15) is 22.8 Å². The molecule has 0 aliphatic heterocycles. The third kappa shape index (κ3) is 7.68. The van der Waals surface area contributed by atoms with Crippen LogP contribution in [0.25, 0.3) is 16.8 Å². The van der Waals surface area contributed by atoms with Crippen LogP contribution in [0.3, 0.4) is 0 Å². The van der Waals surface area contributed by atoms with Gasteiger partial charge in [-0.15, -0.1) is 11.8 Å². The van der Waals surface area contributed by atoms with Gasteiger partial charge < -0.3 is 16.0 Å². The Morgan fingerprint density at radius 3 is 2.20 bits per heavy atom. The maximum Gasteiger partial charge on any atom is 0.272 e. The van der Waals surface area contributed by atoms with Crippen LogP contribution in [-0.2, 0) is 9.59 Å². The molecule has 0 aliphatic rings. The molecule has 0 radical (unpaired) electrons. The van der Waals surface area contributed by atoms with E-state index in [0.29, 0.717) is 21.8 Å². The summed E-state index contributed by atoms with van der Waals surface area (Å²) in [5.41, 5.74) is 2.12. The molecular formula is C35H27Cl2N3O3S. The van der Waals surface area contributed by atoms with Gasteiger partial charge in [-0.05, 0) is 72.5 Å². The van der Waals surface area contributed by atoms with Crippen molar-refractivity contribution in [1.29, 1.82) is 0 Å². The highest BCUT2D eigenvalue weighted by molar-refractivity contribution is 8.00. The number of carbonyl (C=O) groups is 3. The van der Waals surface area contributed by atoms with Gasteiger partial charge >= 0.3 is 0 Å². The van der Waals surface area contributed by atoms with Crippen LogP contribution in [0.4, 0.5) is 11.4 Å². The van der Waals surface area contributed by atoms with Crippen LogP contribution in [0.5, 0.6) is 0 Å². The minimum atomic E-state index is -0.548. The Labute approximate surface area is 269 Å². The second-order valence-corrected chi connectivity index (χ2v) is 12.0. The van der Waals surface area contributed by atoms with E-state index in [-0.39, 0.29) is 21.9 Å². The molecule has 0 heterocycles. The molecule has 6 nitrogen and oxygen atoms in total. The summed E-state index contributed by atoms with van der Waals surface area (Å²) in [5.74, 6) is -1.12. The minimum absolute atomic E-state index is 0.0137. The summed E-state index contributed by atoms with van der Waals surface area (Å²) >= 11 is 13.9. The van der Waals surface area contributed by atoms with Gasteiger partial charge in [0.05, 0.1) is 15.3 Å². The SMILES string of the molecule is CC(Sc1ccc(NC(=O)/C(=C/c2cccc(Cl)c2Cl)NC(=O)c2ccccc2)cc1)C(=O)Nc1cccc2ccccc12. The zero-order chi connectivity index (χ0) is 31.1. The molecule has 0 aliphatic carbocycles. The van der Waals surface area contributed by atoms with Crippen molar-refractivity contribution < 1.29 is 14.4 Å². The second-order valence-electron chi connectivity index (χ2n) is 9.78. The Kier molecular flexibility index (Phi) is 10.0. The molecule has 0 fully saturated rings. The highest BCUT2D eigenvalue weighted by Crippen LogP contribution is 2.29. The average molecular weight is 641 g/mol. The highest BCUT2D eigenvalue weighted by atomic mass is 35.5. The molecule has 0 spiro atoms. The fourth-order valence-corrected chi connectivity index (χ4v) is 5.60. The summed E-state index contributed by atoms with van der Waals surface area (Å²) < 4.78 is 0. The monoisotopic (exact) mass is 639 g/mol. The lowest BCUT2D eigenvalue weighted by Crippen LogP contribution is -2.30. The summed E-state index contributed by atoms with van der Waals surface area (Å²) in [6, 6.07) is 34.4. The fraction of sp³-hybridized carbons (Fsp3) is 0.0571. The van der Waals surface area contributed by atoms with Crippen LogP contribution in [0.15, 0.2) is 126 Å². The lowest BCUT2D eigenvalue weighted by Gasteiger charge is -2.14. The number of thioether (sulfide) groups is 1. The van der Waals surface area contributed by atoms with Crippen LogP contribution in [0.2, 0.25) is 10.0 Å². The first-order valence-corrected chi connectivity index (χ1v) is 15.3. The Morgan fingerprint density at radius 1 is 0.750 bits per heavy atom. The standard InChI is InChI=1S/C35H27Cl2N3O3S/c1-22(33(41)39-30-16-8-12-23-9-5-6-14-28(23)30)44-27-19-17-26(18-20-27)38-35(43)31(21-25-13-7-15-29(36)32(25)37)40-34(42)24-10-3-2-4-11-24/h2-22H,1H3,(H,38,43)(H,39,41)(H,40,42)/b31-21-. The molecule has 1 atom stereocenters. The summed E-state index contributed by atoms with van der Waals surface area (Å²) in [6.45, 7) is 1.84. The van der Waals surface area contributed by atoms with E-state index in [4.69, 9.17) is 23.2 Å². The third-order valence-electron chi connectivity index (χ3n) is 6.65. The number of rotatable bonds is 9. The van der Waals surface area contributed by atoms with Crippen molar-refractivity contribution >= 4 is 80.9 Å². The molecule has 3 N–H and O–H groups in total. The van der Waals surface area contributed by atoms with Crippen molar-refractivity contribution in [3.8, 4) is 0 Å². The molecule has 5 aromatic carbocycles. The lowest BCUT2D eigenvalue weighted by molar-refractivity contribution is -0.115. The number of nitrogens with one attached hydrogen (secondary N) is 3. The van der Waals surface area contributed by atoms with Crippen LogP contribution < -0.4 is 16.0 Å². The van der Waals surface area contributed by atoms with Gasteiger partial charge in [0.2, 0.25) is 5.91 Å². The van der Waals surface area contributed by atoms with Crippen molar-refractivity contribution in [2.45, 2.75) is 17.1 Å². The first-order valence-electron chi connectivity index (χ1n) is 13.7. The molecule has 0 aromatic heterocycles. The van der Waals surface area contributed by atoms with Crippen LogP contribution >= 0.6 is 35.0 Å². The average Bonchev–Trinajstić information content (AvgIpc) is 3.04. The van der Waals surface area contributed by atoms with E-state index in [1.807, 2.05) is 61.5 Å². The molecular weight excluding hydrogens is 613 g/mol. The predicted molar refractivity (Wildman–Crippen MR) is 181 cm³/mol. The summed E-state index contributed by atoms with van der Waals surface area (Å²) in [4.78, 5) is 40.1. The quantitative estimate of drug-likeness (QED) is 0.111. The molecule has 5 rings (SSSR count). The molecule has 0 saturated heterocycles. The topological polar surface area (TPSA) is 87.3 Å². The number of hydrogen-bond acceptors (Lipinski definition) is 4. The largest absolute Gasteiger partial charge is 0.325 e. The number of halogens is 2. The molecule has 5 aromatic rings. The van der Waals surface area contributed by atoms with Gasteiger partial charge in [0.1, 0.15) is 5.70 Å². The third-order valence-corrected chi connectivity index (χ3v) is 8.60. The van der Waals surface area contributed by atoms with E-state index in [1.165, 1.54) is 17.8 Å². The Hall–Kier alpha value is -4.56. The fourth-order valence-electron chi connectivity index (χ4n) is 4.37. The molecule has 3 amide bonds. The Morgan fingerprint density at radius 2 is 1.43 bits per heavy atom. The van der Waals surface area contributed by atoms with Gasteiger partial charge in [-0.3, -0.25) is 14.4 Å². The van der Waals surface area contributed by atoms with E-state index in [2.05, 4.69) is 16.0 Å². The second kappa shape index (κ2) is 14.3. The molecule has 0 bridgehead atoms. The first kappa shape index (κ1) is 30.9. The minimum Gasteiger partial charge on any atom is -0.325 e. The van der Waals surface area contributed by atoms with Gasteiger partial charge in [0.25, 0.3) is 11.8 Å². The Bertz CT molecular complexity index is 1860. The van der Waals surface area contributed by atoms with E-state index in [0.717, 1.165) is 21.4 Å². The molecule has 220 valence electrons. The number of benzene rings is 5. The predicted octanol–water partition coefficient (Wildman–Crippen LogP) is 8.68. The lowest BCUT2D eigenvalue weighted by atomic mass is 10.1. The number of amides is 3. The number of hydrogen-bond donors (Lipinski definition) is 3. The summed E-state index contributed by atoms with van der Waals surface area (Å²) in [7, 11) is 0. The summed E-state index contributed by atoms with van der Waals surface area (Å²) in [5, 5.41) is 10.8. The first-order chi connectivity index (χ1) is 21.3. The smallest absolute Gasteiger partial charge is 0.272 e. The van der Waals surface area contributed by atoms with Crippen molar-refractivity contribution in [3.05, 3.63) is 142 Å². The molecule has 9 heteroatoms. The number of anilines is 2. The van der Waals surface area contributed by atoms with E-state index in [1.54, 1.807) is 60.7 Å². The van der Waals surface area contributed by atoms with Crippen molar-refractivity contribution in [2.24, 2.45) is 0 Å². The van der Waals surface area contributed by atoms with Gasteiger partial charge in [0, 0.05) is 27.2 Å². The van der Waals surface area contributed by atoms with Crippen molar-refractivity contribution in [3.63, 3.8) is 0 Å².